The van der Waals surface area contributed by atoms with Crippen molar-refractivity contribution in [1.29, 1.82) is 0 Å². The molecule has 1 heterocycles. The fraction of sp³-hybridized carbons (Fsp3) is 0.588. The highest BCUT2D eigenvalue weighted by Gasteiger charge is 2.19. The van der Waals surface area contributed by atoms with Gasteiger partial charge in [0.05, 0.1) is 13.7 Å². The maximum absolute atomic E-state index is 13.7. The lowest BCUT2D eigenvalue weighted by Gasteiger charge is -2.19. The average molecular weight is 293 g/mol. The highest BCUT2D eigenvalue weighted by Crippen LogP contribution is 2.21. The standard InChI is InChI=1S/C17H24FNO2/c1-3-13-5-4-9-19(10-8-13)12-16(20)14-6-7-17(21-2)15(18)11-14/h6-7,11,13H,3-5,8-10,12H2,1-2H3. The zero-order valence-electron chi connectivity index (χ0n) is 12.9. The number of halogens is 1. The Morgan fingerprint density at radius 2 is 2.19 bits per heavy atom. The van der Waals surface area contributed by atoms with Crippen molar-refractivity contribution in [3.05, 3.63) is 29.6 Å². The number of ketones is 1. The predicted molar refractivity (Wildman–Crippen MR) is 81.4 cm³/mol. The van der Waals surface area contributed by atoms with E-state index in [-0.39, 0.29) is 11.5 Å². The fourth-order valence-corrected chi connectivity index (χ4v) is 2.93. The third-order valence-electron chi connectivity index (χ3n) is 4.36. The largest absolute Gasteiger partial charge is 0.494 e. The first-order chi connectivity index (χ1) is 10.1. The van der Waals surface area contributed by atoms with Crippen LogP contribution in [0.1, 0.15) is 43.0 Å². The second-order valence-corrected chi connectivity index (χ2v) is 5.75. The number of Topliss-reactive ketones (excluding diaryl/α,β-unsaturated/α-hetero) is 1. The molecule has 1 atom stereocenters. The molecule has 1 unspecified atom stereocenters. The molecule has 1 aliphatic rings. The molecule has 1 aliphatic heterocycles. The van der Waals surface area contributed by atoms with Crippen molar-refractivity contribution in [3.63, 3.8) is 0 Å². The summed E-state index contributed by atoms with van der Waals surface area (Å²) in [4.78, 5) is 14.5. The summed E-state index contributed by atoms with van der Waals surface area (Å²) in [7, 11) is 1.42. The normalized spacial score (nSPS) is 20.0. The maximum atomic E-state index is 13.7. The molecule has 4 heteroatoms. The number of hydrogen-bond donors (Lipinski definition) is 0. The van der Waals surface area contributed by atoms with E-state index in [2.05, 4.69) is 11.8 Å². The lowest BCUT2D eigenvalue weighted by molar-refractivity contribution is 0.0931. The van der Waals surface area contributed by atoms with Crippen LogP contribution in [-0.4, -0.2) is 37.4 Å². The topological polar surface area (TPSA) is 29.5 Å². The number of carbonyl (C=O) groups excluding carboxylic acids is 1. The van der Waals surface area contributed by atoms with Gasteiger partial charge in [-0.1, -0.05) is 13.3 Å². The zero-order chi connectivity index (χ0) is 15.2. The van der Waals surface area contributed by atoms with Gasteiger partial charge in [-0.3, -0.25) is 9.69 Å². The van der Waals surface area contributed by atoms with Crippen molar-refractivity contribution in [2.24, 2.45) is 5.92 Å². The Balaban J connectivity index is 1.96. The Bertz CT molecular complexity index is 490. The van der Waals surface area contributed by atoms with Gasteiger partial charge < -0.3 is 4.74 Å². The monoisotopic (exact) mass is 293 g/mol. The summed E-state index contributed by atoms with van der Waals surface area (Å²) in [6, 6.07) is 4.42. The molecule has 0 aromatic heterocycles. The van der Waals surface area contributed by atoms with Gasteiger partial charge in [-0.2, -0.15) is 0 Å². The molecule has 21 heavy (non-hydrogen) atoms. The Labute approximate surface area is 126 Å². The van der Waals surface area contributed by atoms with Gasteiger partial charge in [0.25, 0.3) is 0 Å². The minimum Gasteiger partial charge on any atom is -0.494 e. The van der Waals surface area contributed by atoms with Crippen LogP contribution in [0.3, 0.4) is 0 Å². The molecule has 0 N–H and O–H groups in total. The highest BCUT2D eigenvalue weighted by molar-refractivity contribution is 5.97. The molecule has 2 rings (SSSR count). The predicted octanol–water partition coefficient (Wildman–Crippen LogP) is 3.53. The lowest BCUT2D eigenvalue weighted by atomic mass is 9.98. The summed E-state index contributed by atoms with van der Waals surface area (Å²) in [5, 5.41) is 0. The molecule has 0 bridgehead atoms. The van der Waals surface area contributed by atoms with Crippen LogP contribution in [0.5, 0.6) is 5.75 Å². The Kier molecular flexibility index (Phi) is 5.74. The molecule has 1 aromatic carbocycles. The number of rotatable bonds is 5. The van der Waals surface area contributed by atoms with Crippen molar-refractivity contribution >= 4 is 5.78 Å². The minimum atomic E-state index is -0.481. The van der Waals surface area contributed by atoms with Crippen LogP contribution in [0.4, 0.5) is 4.39 Å². The first kappa shape index (κ1) is 16.0. The number of nitrogens with zero attached hydrogens (tertiary/aromatic N) is 1. The molecule has 116 valence electrons. The Morgan fingerprint density at radius 1 is 1.38 bits per heavy atom. The third kappa shape index (κ3) is 4.27. The highest BCUT2D eigenvalue weighted by atomic mass is 19.1. The van der Waals surface area contributed by atoms with E-state index in [4.69, 9.17) is 4.74 Å². The van der Waals surface area contributed by atoms with Gasteiger partial charge in [-0.15, -0.1) is 0 Å². The van der Waals surface area contributed by atoms with Gasteiger partial charge in [0.1, 0.15) is 0 Å². The van der Waals surface area contributed by atoms with Crippen LogP contribution in [-0.2, 0) is 0 Å². The molecule has 0 amide bonds. The summed E-state index contributed by atoms with van der Waals surface area (Å²) in [6.45, 7) is 4.53. The average Bonchev–Trinajstić information content (AvgIpc) is 2.72. The van der Waals surface area contributed by atoms with E-state index in [0.29, 0.717) is 12.1 Å². The molecule has 0 aliphatic carbocycles. The van der Waals surface area contributed by atoms with Crippen molar-refractivity contribution in [2.75, 3.05) is 26.7 Å². The molecule has 1 saturated heterocycles. The van der Waals surface area contributed by atoms with E-state index in [9.17, 15) is 9.18 Å². The third-order valence-corrected chi connectivity index (χ3v) is 4.36. The van der Waals surface area contributed by atoms with Gasteiger partial charge in [0.15, 0.2) is 17.3 Å². The number of likely N-dealkylation sites (tertiary alicyclic amines) is 1. The second-order valence-electron chi connectivity index (χ2n) is 5.75. The lowest BCUT2D eigenvalue weighted by Crippen LogP contribution is -2.31. The van der Waals surface area contributed by atoms with Crippen molar-refractivity contribution in [2.45, 2.75) is 32.6 Å². The van der Waals surface area contributed by atoms with E-state index in [0.717, 1.165) is 31.8 Å². The van der Waals surface area contributed by atoms with Crippen LogP contribution >= 0.6 is 0 Å². The second kappa shape index (κ2) is 7.55. The van der Waals surface area contributed by atoms with Gasteiger partial charge in [-0.25, -0.2) is 4.39 Å². The fourth-order valence-electron chi connectivity index (χ4n) is 2.93. The van der Waals surface area contributed by atoms with Gasteiger partial charge >= 0.3 is 0 Å². The van der Waals surface area contributed by atoms with E-state index >= 15 is 0 Å². The Hall–Kier alpha value is -1.42. The van der Waals surface area contributed by atoms with Crippen LogP contribution in [0.25, 0.3) is 0 Å². The van der Waals surface area contributed by atoms with E-state index in [1.165, 1.54) is 32.1 Å². The summed E-state index contributed by atoms with van der Waals surface area (Å²) in [5.74, 6) is 0.451. The van der Waals surface area contributed by atoms with Crippen molar-refractivity contribution in [1.82, 2.24) is 4.90 Å². The maximum Gasteiger partial charge on any atom is 0.176 e. The van der Waals surface area contributed by atoms with Crippen molar-refractivity contribution < 1.29 is 13.9 Å². The quantitative estimate of drug-likeness (QED) is 0.778. The van der Waals surface area contributed by atoms with Crippen molar-refractivity contribution in [3.8, 4) is 5.75 Å². The molecule has 1 aromatic rings. The van der Waals surface area contributed by atoms with Crippen LogP contribution < -0.4 is 4.74 Å². The summed E-state index contributed by atoms with van der Waals surface area (Å²) >= 11 is 0. The van der Waals surface area contributed by atoms with Crippen LogP contribution in [0.15, 0.2) is 18.2 Å². The van der Waals surface area contributed by atoms with E-state index < -0.39 is 5.82 Å². The molecular formula is C17H24FNO2. The number of benzene rings is 1. The smallest absolute Gasteiger partial charge is 0.176 e. The summed E-state index contributed by atoms with van der Waals surface area (Å²) < 4.78 is 18.5. The summed E-state index contributed by atoms with van der Waals surface area (Å²) in [5.41, 5.74) is 0.421. The molecule has 0 radical (unpaired) electrons. The molecule has 1 fully saturated rings. The van der Waals surface area contributed by atoms with E-state index in [1.54, 1.807) is 6.07 Å². The van der Waals surface area contributed by atoms with Gasteiger partial charge in [-0.05, 0) is 56.5 Å². The van der Waals surface area contributed by atoms with Gasteiger partial charge in [0, 0.05) is 5.56 Å². The van der Waals surface area contributed by atoms with E-state index in [1.807, 2.05) is 0 Å². The molecule has 3 nitrogen and oxygen atoms in total. The number of ether oxygens (including phenoxy) is 1. The van der Waals surface area contributed by atoms with Crippen LogP contribution in [0.2, 0.25) is 0 Å². The number of methoxy groups -OCH3 is 1. The zero-order valence-corrected chi connectivity index (χ0v) is 12.9. The first-order valence-corrected chi connectivity index (χ1v) is 7.73. The number of carbonyl (C=O) groups is 1. The molecule has 0 saturated carbocycles. The molecular weight excluding hydrogens is 269 g/mol. The molecule has 0 spiro atoms. The van der Waals surface area contributed by atoms with Gasteiger partial charge in [0.2, 0.25) is 0 Å². The summed E-state index contributed by atoms with van der Waals surface area (Å²) in [6.07, 6.45) is 4.76. The van der Waals surface area contributed by atoms with Crippen LogP contribution in [0, 0.1) is 11.7 Å². The first-order valence-electron chi connectivity index (χ1n) is 7.73. The Morgan fingerprint density at radius 3 is 2.86 bits per heavy atom. The number of hydrogen-bond acceptors (Lipinski definition) is 3. The SMILES string of the molecule is CCC1CCCN(CC(=O)c2ccc(OC)c(F)c2)CC1. The minimum absolute atomic E-state index is 0.0218.